The van der Waals surface area contributed by atoms with E-state index in [1.54, 1.807) is 11.3 Å². The maximum atomic E-state index is 12.7. The molecule has 0 radical (unpaired) electrons. The highest BCUT2D eigenvalue weighted by atomic mass is 35.5. The molecule has 0 amide bonds. The van der Waals surface area contributed by atoms with Crippen LogP contribution in [0, 0.1) is 0 Å². The molecule has 156 valence electrons. The highest BCUT2D eigenvalue weighted by Crippen LogP contribution is 2.29. The van der Waals surface area contributed by atoms with Crippen LogP contribution in [-0.4, -0.2) is 31.0 Å². The van der Waals surface area contributed by atoms with Crippen LogP contribution in [-0.2, 0) is 13.1 Å². The number of nitrogens with two attached hydrogens (primary N) is 1. The predicted octanol–water partition coefficient (Wildman–Crippen LogP) is 3.11. The lowest BCUT2D eigenvalue weighted by Crippen LogP contribution is -2.26. The first-order valence-corrected chi connectivity index (χ1v) is 9.56. The molecule has 0 aliphatic rings. The number of rotatable bonds is 7. The van der Waals surface area contributed by atoms with Gasteiger partial charge in [-0.05, 0) is 23.3 Å². The zero-order valence-corrected chi connectivity index (χ0v) is 17.3. The Morgan fingerprint density at radius 1 is 1.20 bits per heavy atom. The third-order valence-electron chi connectivity index (χ3n) is 4.34. The topological polar surface area (TPSA) is 105 Å². The Labute approximate surface area is 180 Å². The molecule has 3 heterocycles. The zero-order valence-electron chi connectivity index (χ0n) is 15.6. The molecule has 1 aromatic carbocycles. The van der Waals surface area contributed by atoms with Gasteiger partial charge in [0.25, 0.3) is 0 Å². The summed E-state index contributed by atoms with van der Waals surface area (Å²) >= 11 is 1.59. The molecule has 4 rings (SSSR count). The SMILES string of the molecule is Cl.NC/C(=C\F)Cn1ncn(Cc2ccc(-c3ccc(-c4ncon4)cc3)s2)c1=O. The van der Waals surface area contributed by atoms with Gasteiger partial charge in [-0.25, -0.2) is 13.9 Å². The summed E-state index contributed by atoms with van der Waals surface area (Å²) < 4.78 is 20.1. The van der Waals surface area contributed by atoms with E-state index in [1.165, 1.54) is 22.0 Å². The smallest absolute Gasteiger partial charge is 0.342 e. The van der Waals surface area contributed by atoms with Gasteiger partial charge < -0.3 is 10.3 Å². The first-order chi connectivity index (χ1) is 14.2. The summed E-state index contributed by atoms with van der Waals surface area (Å²) in [6.45, 7) is 0.471. The van der Waals surface area contributed by atoms with Crippen molar-refractivity contribution in [3.8, 4) is 21.8 Å². The molecule has 8 nitrogen and oxygen atoms in total. The van der Waals surface area contributed by atoms with E-state index in [9.17, 15) is 9.18 Å². The Bertz CT molecular complexity index is 1180. The van der Waals surface area contributed by atoms with E-state index in [-0.39, 0.29) is 31.2 Å². The number of aromatic nitrogens is 5. The molecule has 0 saturated carbocycles. The summed E-state index contributed by atoms with van der Waals surface area (Å²) in [7, 11) is 0. The second kappa shape index (κ2) is 9.61. The molecule has 0 atom stereocenters. The summed E-state index contributed by atoms with van der Waals surface area (Å²) in [6, 6.07) is 11.8. The molecule has 3 aromatic heterocycles. The van der Waals surface area contributed by atoms with Crippen molar-refractivity contribution in [1.29, 1.82) is 0 Å². The minimum absolute atomic E-state index is 0. The molecular formula is C19H18ClFN6O2S. The molecular weight excluding hydrogens is 431 g/mol. The van der Waals surface area contributed by atoms with Crippen LogP contribution in [0.5, 0.6) is 0 Å². The lowest BCUT2D eigenvalue weighted by atomic mass is 10.1. The average molecular weight is 449 g/mol. The van der Waals surface area contributed by atoms with Gasteiger partial charge in [-0.3, -0.25) is 4.57 Å². The van der Waals surface area contributed by atoms with E-state index in [1.807, 2.05) is 36.4 Å². The van der Waals surface area contributed by atoms with Crippen molar-refractivity contribution in [2.24, 2.45) is 5.73 Å². The molecule has 0 aliphatic carbocycles. The largest absolute Gasteiger partial charge is 0.346 e. The summed E-state index contributed by atoms with van der Waals surface area (Å²) in [5, 5.41) is 7.86. The highest BCUT2D eigenvalue weighted by molar-refractivity contribution is 7.15. The quantitative estimate of drug-likeness (QED) is 0.465. The number of hydrogen-bond acceptors (Lipinski definition) is 7. The zero-order chi connectivity index (χ0) is 20.2. The third-order valence-corrected chi connectivity index (χ3v) is 5.46. The van der Waals surface area contributed by atoms with Gasteiger partial charge in [0.15, 0.2) is 0 Å². The van der Waals surface area contributed by atoms with Crippen LogP contribution in [0.3, 0.4) is 0 Å². The molecule has 2 N–H and O–H groups in total. The second-order valence-electron chi connectivity index (χ2n) is 6.27. The summed E-state index contributed by atoms with van der Waals surface area (Å²) in [5.41, 5.74) is 7.36. The lowest BCUT2D eigenvalue weighted by Gasteiger charge is -2.01. The van der Waals surface area contributed by atoms with Crippen molar-refractivity contribution in [2.75, 3.05) is 6.54 Å². The Hall–Kier alpha value is -3.08. The summed E-state index contributed by atoms with van der Waals surface area (Å²) in [6.07, 6.45) is 3.17. The van der Waals surface area contributed by atoms with Gasteiger partial charge in [-0.15, -0.1) is 23.7 Å². The lowest BCUT2D eigenvalue weighted by molar-refractivity contribution is 0.419. The van der Waals surface area contributed by atoms with Crippen molar-refractivity contribution in [3.63, 3.8) is 0 Å². The van der Waals surface area contributed by atoms with Crippen molar-refractivity contribution < 1.29 is 8.91 Å². The number of nitrogens with zero attached hydrogens (tertiary/aromatic N) is 5. The van der Waals surface area contributed by atoms with Gasteiger partial charge in [-0.2, -0.15) is 10.1 Å². The van der Waals surface area contributed by atoms with E-state index >= 15 is 0 Å². The monoisotopic (exact) mass is 448 g/mol. The van der Waals surface area contributed by atoms with Crippen molar-refractivity contribution in [3.05, 3.63) is 76.4 Å². The van der Waals surface area contributed by atoms with E-state index in [0.29, 0.717) is 24.3 Å². The Morgan fingerprint density at radius 3 is 2.63 bits per heavy atom. The van der Waals surface area contributed by atoms with Gasteiger partial charge in [0.1, 0.15) is 6.33 Å². The van der Waals surface area contributed by atoms with E-state index < -0.39 is 0 Å². The van der Waals surface area contributed by atoms with E-state index in [4.69, 9.17) is 10.3 Å². The molecule has 0 aliphatic heterocycles. The Balaban J connectivity index is 0.00000256. The normalized spacial score (nSPS) is 11.5. The van der Waals surface area contributed by atoms with Crippen LogP contribution in [0.4, 0.5) is 4.39 Å². The van der Waals surface area contributed by atoms with Crippen LogP contribution in [0.15, 0.2) is 70.3 Å². The molecule has 0 saturated heterocycles. The number of halogens is 2. The Morgan fingerprint density at radius 2 is 1.97 bits per heavy atom. The number of benzene rings is 1. The van der Waals surface area contributed by atoms with Crippen LogP contribution < -0.4 is 11.4 Å². The third kappa shape index (κ3) is 4.56. The van der Waals surface area contributed by atoms with E-state index in [0.717, 1.165) is 20.9 Å². The minimum Gasteiger partial charge on any atom is -0.342 e. The summed E-state index contributed by atoms with van der Waals surface area (Å²) in [4.78, 5) is 18.5. The number of thiophene rings is 1. The van der Waals surface area contributed by atoms with Gasteiger partial charge in [0.05, 0.1) is 19.4 Å². The average Bonchev–Trinajstić information content (AvgIpc) is 3.50. The molecule has 4 aromatic rings. The minimum atomic E-state index is -0.308. The molecule has 0 spiro atoms. The van der Waals surface area contributed by atoms with Crippen LogP contribution in [0.25, 0.3) is 21.8 Å². The fourth-order valence-electron chi connectivity index (χ4n) is 2.79. The molecule has 0 fully saturated rings. The predicted molar refractivity (Wildman–Crippen MR) is 114 cm³/mol. The van der Waals surface area contributed by atoms with Crippen molar-refractivity contribution in [2.45, 2.75) is 13.1 Å². The highest BCUT2D eigenvalue weighted by Gasteiger charge is 2.10. The molecule has 0 unspecified atom stereocenters. The fourth-order valence-corrected chi connectivity index (χ4v) is 3.80. The molecule has 30 heavy (non-hydrogen) atoms. The Kier molecular flexibility index (Phi) is 6.93. The van der Waals surface area contributed by atoms with Gasteiger partial charge in [0, 0.05) is 21.9 Å². The first kappa shape index (κ1) is 21.6. The summed E-state index contributed by atoms with van der Waals surface area (Å²) in [5.74, 6) is 0.542. The van der Waals surface area contributed by atoms with Crippen LogP contribution in [0.2, 0.25) is 0 Å². The molecule has 11 heteroatoms. The van der Waals surface area contributed by atoms with Crippen molar-refractivity contribution >= 4 is 23.7 Å². The van der Waals surface area contributed by atoms with E-state index in [2.05, 4.69) is 15.2 Å². The standard InChI is InChI=1S/C19H17FN6O2S.ClH/c20-7-13(8-21)9-26-19(27)25(11-23-26)10-16-5-6-17(29-16)14-1-3-15(4-2-14)18-22-12-28-24-18;/h1-7,11-12H,8-10,21H2;1H/b13-7+;. The van der Waals surface area contributed by atoms with Gasteiger partial charge >= 0.3 is 5.69 Å². The van der Waals surface area contributed by atoms with Gasteiger partial charge in [-0.1, -0.05) is 29.4 Å². The maximum Gasteiger partial charge on any atom is 0.346 e. The first-order valence-electron chi connectivity index (χ1n) is 8.74. The van der Waals surface area contributed by atoms with Gasteiger partial charge in [0.2, 0.25) is 12.2 Å². The molecule has 0 bridgehead atoms. The fraction of sp³-hybridized carbons (Fsp3) is 0.158. The van der Waals surface area contributed by atoms with Crippen LogP contribution in [0.1, 0.15) is 4.88 Å². The maximum absolute atomic E-state index is 12.7. The second-order valence-corrected chi connectivity index (χ2v) is 7.44. The number of hydrogen-bond donors (Lipinski definition) is 1. The van der Waals surface area contributed by atoms with Crippen LogP contribution >= 0.6 is 23.7 Å². The van der Waals surface area contributed by atoms with Crippen molar-refractivity contribution in [1.82, 2.24) is 24.5 Å².